The Morgan fingerprint density at radius 2 is 2.17 bits per heavy atom. The number of carbonyl (C=O) groups excluding carboxylic acids is 1. The smallest absolute Gasteiger partial charge is 0.296 e. The van der Waals surface area contributed by atoms with Crippen molar-refractivity contribution in [1.82, 2.24) is 20.3 Å². The largest absolute Gasteiger partial charge is 0.360 e. The molecule has 7 heteroatoms. The van der Waals surface area contributed by atoms with Crippen molar-refractivity contribution in [3.63, 3.8) is 0 Å². The molecular weight excluding hydrogens is 234 g/mol. The summed E-state index contributed by atoms with van der Waals surface area (Å²) < 4.78 is 4.85. The normalized spacial score (nSPS) is 11.6. The Kier molecular flexibility index (Phi) is 2.90. The van der Waals surface area contributed by atoms with Crippen molar-refractivity contribution in [2.75, 3.05) is 5.32 Å². The SMILES string of the molecule is Cc1cc(NC(=O)c2n[nH]c(C(C)(C)C)n2)no1. The Morgan fingerprint density at radius 1 is 1.44 bits per heavy atom. The third-order valence-electron chi connectivity index (χ3n) is 2.27. The molecule has 0 aliphatic carbocycles. The molecule has 0 unspecified atom stereocenters. The Hall–Kier alpha value is -2.18. The van der Waals surface area contributed by atoms with E-state index < -0.39 is 5.91 Å². The number of nitrogens with one attached hydrogen (secondary N) is 2. The number of hydrogen-bond donors (Lipinski definition) is 2. The number of amides is 1. The predicted molar refractivity (Wildman–Crippen MR) is 64.3 cm³/mol. The number of H-pyrrole nitrogens is 1. The van der Waals surface area contributed by atoms with E-state index in [1.165, 1.54) is 0 Å². The van der Waals surface area contributed by atoms with Crippen molar-refractivity contribution in [3.8, 4) is 0 Å². The topological polar surface area (TPSA) is 96.7 Å². The van der Waals surface area contributed by atoms with E-state index in [4.69, 9.17) is 4.52 Å². The monoisotopic (exact) mass is 249 g/mol. The average molecular weight is 249 g/mol. The van der Waals surface area contributed by atoms with Crippen LogP contribution in [0.15, 0.2) is 10.6 Å². The lowest BCUT2D eigenvalue weighted by atomic mass is 9.96. The molecule has 2 N–H and O–H groups in total. The first-order chi connectivity index (χ1) is 8.36. The Morgan fingerprint density at radius 3 is 2.67 bits per heavy atom. The van der Waals surface area contributed by atoms with Gasteiger partial charge in [0.1, 0.15) is 11.6 Å². The second-order valence-electron chi connectivity index (χ2n) is 5.03. The van der Waals surface area contributed by atoms with Crippen LogP contribution in [0.3, 0.4) is 0 Å². The first-order valence-corrected chi connectivity index (χ1v) is 5.54. The molecule has 0 saturated carbocycles. The zero-order valence-corrected chi connectivity index (χ0v) is 10.7. The molecule has 0 radical (unpaired) electrons. The van der Waals surface area contributed by atoms with Gasteiger partial charge in [-0.15, -0.1) is 5.10 Å². The molecule has 2 rings (SSSR count). The molecule has 96 valence electrons. The van der Waals surface area contributed by atoms with E-state index in [9.17, 15) is 4.79 Å². The molecule has 1 amide bonds. The molecule has 7 nitrogen and oxygen atoms in total. The van der Waals surface area contributed by atoms with E-state index in [0.717, 1.165) is 0 Å². The number of rotatable bonds is 2. The van der Waals surface area contributed by atoms with Crippen molar-refractivity contribution in [2.45, 2.75) is 33.1 Å². The maximum atomic E-state index is 11.8. The highest BCUT2D eigenvalue weighted by atomic mass is 16.5. The fraction of sp³-hybridized carbons (Fsp3) is 0.455. The van der Waals surface area contributed by atoms with Gasteiger partial charge in [0, 0.05) is 11.5 Å². The van der Waals surface area contributed by atoms with Crippen LogP contribution in [-0.4, -0.2) is 26.2 Å². The highest BCUT2D eigenvalue weighted by molar-refractivity contribution is 6.00. The van der Waals surface area contributed by atoms with Gasteiger partial charge in [-0.3, -0.25) is 9.89 Å². The fourth-order valence-electron chi connectivity index (χ4n) is 1.30. The van der Waals surface area contributed by atoms with E-state index in [1.807, 2.05) is 20.8 Å². The molecule has 2 heterocycles. The van der Waals surface area contributed by atoms with Crippen LogP contribution in [0.2, 0.25) is 0 Å². The second kappa shape index (κ2) is 4.25. The molecule has 0 spiro atoms. The van der Waals surface area contributed by atoms with Crippen molar-refractivity contribution >= 4 is 11.7 Å². The third kappa shape index (κ3) is 2.55. The zero-order valence-electron chi connectivity index (χ0n) is 10.7. The number of aryl methyl sites for hydroxylation is 1. The Labute approximate surface area is 104 Å². The minimum Gasteiger partial charge on any atom is -0.360 e. The number of aromatic nitrogens is 4. The van der Waals surface area contributed by atoms with E-state index in [-0.39, 0.29) is 11.2 Å². The van der Waals surface area contributed by atoms with Crippen LogP contribution in [0.5, 0.6) is 0 Å². The number of carbonyl (C=O) groups is 1. The third-order valence-corrected chi connectivity index (χ3v) is 2.27. The van der Waals surface area contributed by atoms with Gasteiger partial charge in [-0.2, -0.15) is 0 Å². The van der Waals surface area contributed by atoms with Crippen molar-refractivity contribution in [1.29, 1.82) is 0 Å². The maximum Gasteiger partial charge on any atom is 0.296 e. The summed E-state index contributed by atoms with van der Waals surface area (Å²) in [7, 11) is 0. The summed E-state index contributed by atoms with van der Waals surface area (Å²) in [6.45, 7) is 7.69. The van der Waals surface area contributed by atoms with E-state index in [1.54, 1.807) is 13.0 Å². The standard InChI is InChI=1S/C11H15N5O2/c1-6-5-7(16-18-6)12-9(17)8-13-10(15-14-8)11(2,3)4/h5H,1-4H3,(H,12,16,17)(H,13,14,15). The second-order valence-corrected chi connectivity index (χ2v) is 5.03. The highest BCUT2D eigenvalue weighted by Gasteiger charge is 2.21. The van der Waals surface area contributed by atoms with Crippen LogP contribution < -0.4 is 5.32 Å². The van der Waals surface area contributed by atoms with Crippen molar-refractivity contribution in [2.24, 2.45) is 0 Å². The Bertz CT molecular complexity index is 564. The van der Waals surface area contributed by atoms with Crippen LogP contribution in [0, 0.1) is 6.92 Å². The zero-order chi connectivity index (χ0) is 13.3. The molecule has 0 aromatic carbocycles. The lowest BCUT2D eigenvalue weighted by Crippen LogP contribution is -2.16. The van der Waals surface area contributed by atoms with Crippen LogP contribution in [0.4, 0.5) is 5.82 Å². The molecule has 2 aromatic rings. The summed E-state index contributed by atoms with van der Waals surface area (Å²) in [5, 5.41) is 12.8. The van der Waals surface area contributed by atoms with Crippen LogP contribution in [0.1, 0.15) is 43.0 Å². The Balaban J connectivity index is 2.12. The van der Waals surface area contributed by atoms with Crippen LogP contribution >= 0.6 is 0 Å². The summed E-state index contributed by atoms with van der Waals surface area (Å²) in [6.07, 6.45) is 0. The first-order valence-electron chi connectivity index (χ1n) is 5.54. The van der Waals surface area contributed by atoms with Gasteiger partial charge in [0.15, 0.2) is 5.82 Å². The van der Waals surface area contributed by atoms with Crippen LogP contribution in [0.25, 0.3) is 0 Å². The molecule has 0 saturated heterocycles. The van der Waals surface area contributed by atoms with Gasteiger partial charge in [0.2, 0.25) is 5.82 Å². The highest BCUT2D eigenvalue weighted by Crippen LogP contribution is 2.17. The van der Waals surface area contributed by atoms with Gasteiger partial charge in [-0.1, -0.05) is 25.9 Å². The fourth-order valence-corrected chi connectivity index (χ4v) is 1.30. The van der Waals surface area contributed by atoms with Gasteiger partial charge in [-0.25, -0.2) is 4.98 Å². The molecule has 0 atom stereocenters. The molecule has 0 fully saturated rings. The van der Waals surface area contributed by atoms with Crippen molar-refractivity contribution < 1.29 is 9.32 Å². The molecule has 0 aliphatic heterocycles. The summed E-state index contributed by atoms with van der Waals surface area (Å²) >= 11 is 0. The quantitative estimate of drug-likeness (QED) is 0.843. The molecule has 2 aromatic heterocycles. The van der Waals surface area contributed by atoms with Gasteiger partial charge in [-0.05, 0) is 6.92 Å². The lowest BCUT2D eigenvalue weighted by molar-refractivity contribution is 0.101. The predicted octanol–water partition coefficient (Wildman–Crippen LogP) is 1.65. The molecular formula is C11H15N5O2. The number of aromatic amines is 1. The van der Waals surface area contributed by atoms with E-state index >= 15 is 0 Å². The van der Waals surface area contributed by atoms with Gasteiger partial charge in [0.25, 0.3) is 5.91 Å². The minimum absolute atomic E-state index is 0.0839. The van der Waals surface area contributed by atoms with Crippen LogP contribution in [-0.2, 0) is 5.41 Å². The average Bonchev–Trinajstić information content (AvgIpc) is 2.85. The molecule has 0 bridgehead atoms. The minimum atomic E-state index is -0.421. The maximum absolute atomic E-state index is 11.8. The number of nitrogens with zero attached hydrogens (tertiary/aromatic N) is 3. The van der Waals surface area contributed by atoms with Crippen molar-refractivity contribution in [3.05, 3.63) is 23.5 Å². The first kappa shape index (κ1) is 12.3. The van der Waals surface area contributed by atoms with E-state index in [0.29, 0.717) is 17.4 Å². The molecule has 18 heavy (non-hydrogen) atoms. The summed E-state index contributed by atoms with van der Waals surface area (Å²) in [5.74, 6) is 1.29. The summed E-state index contributed by atoms with van der Waals surface area (Å²) in [5.41, 5.74) is -0.185. The number of anilines is 1. The molecule has 0 aliphatic rings. The van der Waals surface area contributed by atoms with Gasteiger partial charge in [0.05, 0.1) is 0 Å². The summed E-state index contributed by atoms with van der Waals surface area (Å²) in [6, 6.07) is 1.62. The summed E-state index contributed by atoms with van der Waals surface area (Å²) in [4.78, 5) is 16.0. The van der Waals surface area contributed by atoms with Gasteiger partial charge >= 0.3 is 0 Å². The number of hydrogen-bond acceptors (Lipinski definition) is 5. The lowest BCUT2D eigenvalue weighted by Gasteiger charge is -2.12. The van der Waals surface area contributed by atoms with Gasteiger partial charge < -0.3 is 9.84 Å². The van der Waals surface area contributed by atoms with E-state index in [2.05, 4.69) is 25.7 Å².